The van der Waals surface area contributed by atoms with Crippen LogP contribution in [0.4, 0.5) is 0 Å². The summed E-state index contributed by atoms with van der Waals surface area (Å²) in [6.07, 6.45) is 1.48. The Morgan fingerprint density at radius 1 is 1.46 bits per heavy atom. The van der Waals surface area contributed by atoms with E-state index in [9.17, 15) is 4.79 Å². The zero-order chi connectivity index (χ0) is 9.42. The molecule has 1 aromatic carbocycles. The van der Waals surface area contributed by atoms with E-state index in [-0.39, 0.29) is 0 Å². The average molecular weight is 258 g/mol. The Bertz CT molecular complexity index is 409. The van der Waals surface area contributed by atoms with Crippen LogP contribution in [-0.2, 0) is 11.2 Å². The van der Waals surface area contributed by atoms with Crippen LogP contribution in [-0.4, -0.2) is 6.29 Å². The molecular weight excluding hydrogens is 251 g/mol. The number of hydrogen-bond acceptors (Lipinski definition) is 1. The number of allylic oxidation sites excluding steroid dienone is 1. The fourth-order valence-corrected chi connectivity index (χ4v) is 2.18. The van der Waals surface area contributed by atoms with Gasteiger partial charge in [-0.1, -0.05) is 33.6 Å². The maximum Gasteiger partial charge on any atom is 0.147 e. The van der Waals surface area contributed by atoms with E-state index >= 15 is 0 Å². The first-order valence-corrected chi connectivity index (χ1v) is 5.02. The van der Waals surface area contributed by atoms with Gasteiger partial charge in [0.05, 0.1) is 5.03 Å². The van der Waals surface area contributed by atoms with Crippen LogP contribution < -0.4 is 0 Å². The molecule has 0 amide bonds. The molecule has 2 rings (SSSR count). The van der Waals surface area contributed by atoms with Crippen molar-refractivity contribution < 1.29 is 4.79 Å². The van der Waals surface area contributed by atoms with E-state index < -0.39 is 0 Å². The molecule has 3 heteroatoms. The van der Waals surface area contributed by atoms with Gasteiger partial charge in [-0.3, -0.25) is 4.79 Å². The number of benzene rings is 1. The van der Waals surface area contributed by atoms with Crippen molar-refractivity contribution in [2.75, 3.05) is 0 Å². The van der Waals surface area contributed by atoms with Gasteiger partial charge in [-0.05, 0) is 23.3 Å². The van der Waals surface area contributed by atoms with Gasteiger partial charge < -0.3 is 0 Å². The normalized spacial score (nSPS) is 14.6. The second-order valence-corrected chi connectivity index (χ2v) is 4.23. The van der Waals surface area contributed by atoms with Crippen molar-refractivity contribution in [3.63, 3.8) is 0 Å². The molecule has 66 valence electrons. The van der Waals surface area contributed by atoms with Gasteiger partial charge in [-0.15, -0.1) is 0 Å². The van der Waals surface area contributed by atoms with Crippen molar-refractivity contribution in [3.8, 4) is 0 Å². The van der Waals surface area contributed by atoms with Crippen molar-refractivity contribution in [2.24, 2.45) is 0 Å². The molecule has 0 spiro atoms. The third kappa shape index (κ3) is 1.45. The van der Waals surface area contributed by atoms with Crippen LogP contribution in [0.25, 0.3) is 5.03 Å². The summed E-state index contributed by atoms with van der Waals surface area (Å²) in [5, 5.41) is 0.595. The van der Waals surface area contributed by atoms with Gasteiger partial charge in [-0.2, -0.15) is 0 Å². The molecule has 0 N–H and O–H groups in total. The smallest absolute Gasteiger partial charge is 0.147 e. The fraction of sp³-hybridized carbons (Fsp3) is 0.100. The number of carbonyl (C=O) groups is 1. The topological polar surface area (TPSA) is 17.1 Å². The molecule has 0 aromatic heterocycles. The molecule has 0 fully saturated rings. The molecule has 0 bridgehead atoms. The Balaban J connectivity index is 2.55. The number of carbonyl (C=O) groups excluding carboxylic acids is 1. The number of aldehydes is 1. The highest BCUT2D eigenvalue weighted by Gasteiger charge is 2.19. The molecule has 0 saturated carbocycles. The Morgan fingerprint density at radius 3 is 2.92 bits per heavy atom. The molecule has 0 heterocycles. The van der Waals surface area contributed by atoms with Crippen molar-refractivity contribution >= 4 is 38.8 Å². The first-order chi connectivity index (χ1) is 6.22. The van der Waals surface area contributed by atoms with Crippen LogP contribution in [0, 0.1) is 0 Å². The van der Waals surface area contributed by atoms with Crippen LogP contribution in [0.2, 0.25) is 0 Å². The minimum atomic E-state index is 0.595. The average Bonchev–Trinajstić information content (AvgIpc) is 2.42. The number of hydrogen-bond donors (Lipinski definition) is 0. The standard InChI is InChI=1S/C10H6BrClO/c11-8-1-2-9-6(4-8)3-7(5-13)10(9)12/h1-2,4-5H,3H2. The lowest BCUT2D eigenvalue weighted by atomic mass is 10.1. The monoisotopic (exact) mass is 256 g/mol. The molecular formula is C10H6BrClO. The Morgan fingerprint density at radius 2 is 2.23 bits per heavy atom. The number of fused-ring (bicyclic) bond motifs is 1. The summed E-state index contributed by atoms with van der Waals surface area (Å²) in [5.74, 6) is 0. The summed E-state index contributed by atoms with van der Waals surface area (Å²) in [4.78, 5) is 10.6. The molecule has 0 atom stereocenters. The van der Waals surface area contributed by atoms with Gasteiger partial charge in [0.15, 0.2) is 0 Å². The second kappa shape index (κ2) is 3.28. The first-order valence-electron chi connectivity index (χ1n) is 3.85. The van der Waals surface area contributed by atoms with Crippen LogP contribution in [0.15, 0.2) is 28.2 Å². The lowest BCUT2D eigenvalue weighted by Gasteiger charge is -1.98. The zero-order valence-corrected chi connectivity index (χ0v) is 9.02. The van der Waals surface area contributed by atoms with E-state index in [2.05, 4.69) is 15.9 Å². The lowest BCUT2D eigenvalue weighted by molar-refractivity contribution is -0.104. The van der Waals surface area contributed by atoms with E-state index in [1.54, 1.807) is 0 Å². The zero-order valence-electron chi connectivity index (χ0n) is 6.68. The van der Waals surface area contributed by atoms with Gasteiger partial charge >= 0.3 is 0 Å². The van der Waals surface area contributed by atoms with E-state index in [1.807, 2.05) is 18.2 Å². The van der Waals surface area contributed by atoms with Crippen molar-refractivity contribution in [3.05, 3.63) is 39.4 Å². The highest BCUT2D eigenvalue weighted by Crippen LogP contribution is 2.35. The van der Waals surface area contributed by atoms with E-state index in [0.29, 0.717) is 17.0 Å². The van der Waals surface area contributed by atoms with E-state index in [0.717, 1.165) is 21.9 Å². The third-order valence-corrected chi connectivity index (χ3v) is 3.05. The van der Waals surface area contributed by atoms with Gasteiger partial charge in [0, 0.05) is 16.5 Å². The maximum atomic E-state index is 10.6. The minimum absolute atomic E-state index is 0.595. The molecule has 0 radical (unpaired) electrons. The van der Waals surface area contributed by atoms with Gasteiger partial charge in [0.25, 0.3) is 0 Å². The predicted molar refractivity (Wildman–Crippen MR) is 56.7 cm³/mol. The highest BCUT2D eigenvalue weighted by molar-refractivity contribution is 9.10. The molecule has 0 aliphatic heterocycles. The summed E-state index contributed by atoms with van der Waals surface area (Å²) in [6, 6.07) is 5.85. The van der Waals surface area contributed by atoms with Crippen LogP contribution in [0.5, 0.6) is 0 Å². The third-order valence-electron chi connectivity index (χ3n) is 2.11. The largest absolute Gasteiger partial charge is 0.298 e. The van der Waals surface area contributed by atoms with Crippen LogP contribution in [0.3, 0.4) is 0 Å². The van der Waals surface area contributed by atoms with Crippen molar-refractivity contribution in [2.45, 2.75) is 6.42 Å². The summed E-state index contributed by atoms with van der Waals surface area (Å²) in [6.45, 7) is 0. The first kappa shape index (κ1) is 8.97. The molecule has 0 unspecified atom stereocenters. The molecule has 1 aliphatic carbocycles. The van der Waals surface area contributed by atoms with E-state index in [4.69, 9.17) is 11.6 Å². The molecule has 13 heavy (non-hydrogen) atoms. The van der Waals surface area contributed by atoms with Crippen LogP contribution in [0.1, 0.15) is 11.1 Å². The maximum absolute atomic E-state index is 10.6. The SMILES string of the molecule is O=CC1=C(Cl)c2ccc(Br)cc2C1. The Kier molecular flexibility index (Phi) is 2.26. The summed E-state index contributed by atoms with van der Waals surface area (Å²) in [5.41, 5.74) is 2.77. The number of rotatable bonds is 1. The summed E-state index contributed by atoms with van der Waals surface area (Å²) < 4.78 is 1.02. The highest BCUT2D eigenvalue weighted by atomic mass is 79.9. The molecule has 1 nitrogen and oxygen atoms in total. The second-order valence-electron chi connectivity index (χ2n) is 2.94. The predicted octanol–water partition coefficient (Wildman–Crippen LogP) is 3.15. The van der Waals surface area contributed by atoms with Crippen molar-refractivity contribution in [1.82, 2.24) is 0 Å². The van der Waals surface area contributed by atoms with Crippen LogP contribution >= 0.6 is 27.5 Å². The Hall–Kier alpha value is -0.600. The lowest BCUT2D eigenvalue weighted by Crippen LogP contribution is -1.84. The molecule has 1 aliphatic rings. The number of halogens is 2. The van der Waals surface area contributed by atoms with Gasteiger partial charge in [0.1, 0.15) is 6.29 Å². The Labute approximate surface area is 89.5 Å². The van der Waals surface area contributed by atoms with Gasteiger partial charge in [-0.25, -0.2) is 0 Å². The summed E-state index contributed by atoms with van der Waals surface area (Å²) >= 11 is 9.37. The van der Waals surface area contributed by atoms with E-state index in [1.165, 1.54) is 0 Å². The minimum Gasteiger partial charge on any atom is -0.298 e. The quantitative estimate of drug-likeness (QED) is 0.706. The molecule has 0 saturated heterocycles. The summed E-state index contributed by atoms with van der Waals surface area (Å²) in [7, 11) is 0. The van der Waals surface area contributed by atoms with Crippen molar-refractivity contribution in [1.29, 1.82) is 0 Å². The fourth-order valence-electron chi connectivity index (χ4n) is 1.47. The van der Waals surface area contributed by atoms with Gasteiger partial charge in [0.2, 0.25) is 0 Å². The molecule has 1 aromatic rings.